The van der Waals surface area contributed by atoms with Crippen LogP contribution in [0.2, 0.25) is 0 Å². The zero-order valence-corrected chi connectivity index (χ0v) is 43.1. The second-order valence-electron chi connectivity index (χ2n) is 19.4. The number of hydrogen-bond acceptors (Lipinski definition) is 11. The molecule has 2 fully saturated rings. The third-order valence-electron chi connectivity index (χ3n) is 12.6. The summed E-state index contributed by atoms with van der Waals surface area (Å²) in [6.07, 6.45) is -1.15. The molecule has 0 radical (unpaired) electrons. The first-order chi connectivity index (χ1) is 34.0. The lowest BCUT2D eigenvalue weighted by Crippen LogP contribution is -2.58. The number of carbonyl (C=O) groups excluding carboxylic acids is 4. The smallest absolute Gasteiger partial charge is 0.417 e. The Morgan fingerprint density at radius 1 is 0.944 bits per heavy atom. The standard InChI is InChI=1S/C52H61F4N7O7S2/c1-32(34-14-16-35(17-15-34)44-33(2)58-31-72-44)59-46(65)41-13-12-22-61(41)47(66)45(50(3,4)5)60-43(64)30-69-25-9-8-23-68-24-10-11-26-70-42-21-20-38(28-40(42)53)63-49(71)62(48(67)51(63,6)7)37-19-18-36(29-57)39(27-37)52(54,55)56/h14-21,27-28,31-32,41,45H,8-13,22-26,30H2,1-7H3,(H,59,65)(H,60,64)/t32-,41-,45+/m0/s1. The molecule has 72 heavy (non-hydrogen) atoms. The van der Waals surface area contributed by atoms with Gasteiger partial charge < -0.3 is 34.6 Å². The number of carbonyl (C=O) groups is 4. The highest BCUT2D eigenvalue weighted by Gasteiger charge is 2.51. The summed E-state index contributed by atoms with van der Waals surface area (Å²) in [6.45, 7) is 14.1. The van der Waals surface area contributed by atoms with E-state index in [2.05, 4.69) is 15.6 Å². The maximum absolute atomic E-state index is 15.3. The number of thiazole rings is 1. The Labute approximate surface area is 427 Å². The van der Waals surface area contributed by atoms with Gasteiger partial charge in [-0.15, -0.1) is 11.3 Å². The summed E-state index contributed by atoms with van der Waals surface area (Å²) in [5.41, 5.74) is 0.976. The number of rotatable bonds is 21. The minimum absolute atomic E-state index is 0.0336. The monoisotopic (exact) mass is 1040 g/mol. The van der Waals surface area contributed by atoms with Crippen molar-refractivity contribution in [2.45, 2.75) is 117 Å². The van der Waals surface area contributed by atoms with E-state index in [0.29, 0.717) is 71.0 Å². The Balaban J connectivity index is 0.862. The van der Waals surface area contributed by atoms with E-state index in [4.69, 9.17) is 26.4 Å². The van der Waals surface area contributed by atoms with Gasteiger partial charge in [0, 0.05) is 38.1 Å². The van der Waals surface area contributed by atoms with Crippen molar-refractivity contribution in [3.05, 3.63) is 94.4 Å². The first-order valence-corrected chi connectivity index (χ1v) is 25.1. The fraction of sp³-hybridized carbons (Fsp3) is 0.481. The zero-order chi connectivity index (χ0) is 52.5. The average molecular weight is 1040 g/mol. The van der Waals surface area contributed by atoms with Crippen molar-refractivity contribution in [1.82, 2.24) is 20.5 Å². The number of nitriles is 1. The van der Waals surface area contributed by atoms with Crippen LogP contribution in [0.3, 0.4) is 0 Å². The highest BCUT2D eigenvalue weighted by atomic mass is 32.1. The molecule has 2 aliphatic heterocycles. The second-order valence-corrected chi connectivity index (χ2v) is 20.6. The molecule has 20 heteroatoms. The maximum Gasteiger partial charge on any atom is 0.417 e. The molecule has 0 bridgehead atoms. The predicted octanol–water partition coefficient (Wildman–Crippen LogP) is 9.44. The molecule has 4 aromatic rings. The van der Waals surface area contributed by atoms with Crippen LogP contribution in [0.25, 0.3) is 10.4 Å². The normalized spacial score (nSPS) is 16.7. The Bertz CT molecular complexity index is 2650. The number of aromatic nitrogens is 1. The molecule has 2 N–H and O–H groups in total. The van der Waals surface area contributed by atoms with Gasteiger partial charge in [-0.25, -0.2) is 9.37 Å². The van der Waals surface area contributed by atoms with Gasteiger partial charge in [0.05, 0.1) is 51.6 Å². The number of hydrogen-bond donors (Lipinski definition) is 2. The summed E-state index contributed by atoms with van der Waals surface area (Å²) in [5.74, 6) is -2.36. The fourth-order valence-electron chi connectivity index (χ4n) is 8.58. The van der Waals surface area contributed by atoms with Gasteiger partial charge >= 0.3 is 6.18 Å². The summed E-state index contributed by atoms with van der Waals surface area (Å²) >= 11 is 7.13. The van der Waals surface area contributed by atoms with Crippen LogP contribution in [0.4, 0.5) is 28.9 Å². The highest BCUT2D eigenvalue weighted by molar-refractivity contribution is 7.81. The van der Waals surface area contributed by atoms with Gasteiger partial charge in [-0.2, -0.15) is 18.4 Å². The van der Waals surface area contributed by atoms with Crippen LogP contribution in [0.5, 0.6) is 5.75 Å². The molecule has 14 nitrogen and oxygen atoms in total. The molecule has 4 amide bonds. The van der Waals surface area contributed by atoms with Gasteiger partial charge in [0.2, 0.25) is 17.7 Å². The van der Waals surface area contributed by atoms with Crippen LogP contribution < -0.4 is 25.2 Å². The molecule has 0 unspecified atom stereocenters. The van der Waals surface area contributed by atoms with E-state index in [-0.39, 0.29) is 53.3 Å². The Hall–Kier alpha value is -6.01. The van der Waals surface area contributed by atoms with Crippen molar-refractivity contribution < 1.29 is 51.0 Å². The van der Waals surface area contributed by atoms with Crippen LogP contribution in [0, 0.1) is 29.5 Å². The maximum atomic E-state index is 15.3. The first kappa shape index (κ1) is 55.3. The van der Waals surface area contributed by atoms with Gasteiger partial charge in [0.1, 0.15) is 24.2 Å². The van der Waals surface area contributed by atoms with E-state index in [1.165, 1.54) is 43.0 Å². The lowest BCUT2D eigenvalue weighted by molar-refractivity contribution is -0.144. The van der Waals surface area contributed by atoms with Gasteiger partial charge in [0.25, 0.3) is 5.91 Å². The largest absolute Gasteiger partial charge is 0.491 e. The molecule has 3 atom stereocenters. The lowest BCUT2D eigenvalue weighted by Gasteiger charge is -2.35. The molecule has 0 saturated carbocycles. The van der Waals surface area contributed by atoms with Crippen molar-refractivity contribution in [3.63, 3.8) is 0 Å². The molecular weight excluding hydrogens is 975 g/mol. The summed E-state index contributed by atoms with van der Waals surface area (Å²) in [6, 6.07) is 14.6. The van der Waals surface area contributed by atoms with E-state index in [1.807, 2.05) is 64.4 Å². The van der Waals surface area contributed by atoms with Gasteiger partial charge in [0.15, 0.2) is 16.7 Å². The van der Waals surface area contributed by atoms with Crippen LogP contribution in [-0.2, 0) is 34.8 Å². The molecule has 386 valence electrons. The number of amides is 4. The lowest BCUT2D eigenvalue weighted by atomic mass is 9.85. The number of nitrogens with zero attached hydrogens (tertiary/aromatic N) is 5. The summed E-state index contributed by atoms with van der Waals surface area (Å²) in [5, 5.41) is 15.0. The molecule has 0 spiro atoms. The first-order valence-electron chi connectivity index (χ1n) is 23.8. The Kier molecular flexibility index (Phi) is 18.2. The number of nitrogens with one attached hydrogen (secondary N) is 2. The number of thiocarbonyl (C=S) groups is 1. The number of benzene rings is 3. The van der Waals surface area contributed by atoms with Crippen molar-refractivity contribution in [1.29, 1.82) is 5.26 Å². The molecule has 0 aliphatic carbocycles. The minimum atomic E-state index is -4.85. The molecular formula is C52H61F4N7O7S2. The number of aryl methyl sites for hydroxylation is 1. The van der Waals surface area contributed by atoms with Crippen molar-refractivity contribution >= 4 is 63.7 Å². The van der Waals surface area contributed by atoms with Crippen molar-refractivity contribution in [3.8, 4) is 22.3 Å². The number of alkyl halides is 3. The van der Waals surface area contributed by atoms with Gasteiger partial charge in [-0.3, -0.25) is 24.1 Å². The number of ether oxygens (including phenoxy) is 3. The van der Waals surface area contributed by atoms with Crippen LogP contribution in [0.1, 0.15) is 108 Å². The Morgan fingerprint density at radius 2 is 1.60 bits per heavy atom. The predicted molar refractivity (Wildman–Crippen MR) is 270 cm³/mol. The highest BCUT2D eigenvalue weighted by Crippen LogP contribution is 2.41. The van der Waals surface area contributed by atoms with E-state index in [0.717, 1.165) is 38.7 Å². The Morgan fingerprint density at radius 3 is 2.21 bits per heavy atom. The van der Waals surface area contributed by atoms with Crippen molar-refractivity contribution in [2.75, 3.05) is 49.4 Å². The molecule has 3 aromatic carbocycles. The molecule has 1 aromatic heterocycles. The molecule has 2 aliphatic rings. The van der Waals surface area contributed by atoms with Crippen LogP contribution >= 0.6 is 23.6 Å². The minimum Gasteiger partial charge on any atom is -0.491 e. The van der Waals surface area contributed by atoms with Crippen molar-refractivity contribution in [2.24, 2.45) is 5.41 Å². The van der Waals surface area contributed by atoms with E-state index < -0.39 is 58.0 Å². The molecule has 3 heterocycles. The quantitative estimate of drug-likeness (QED) is 0.0464. The average Bonchev–Trinajstić information content (AvgIpc) is 4.04. The fourth-order valence-corrected chi connectivity index (χ4v) is 9.92. The third-order valence-corrected chi connectivity index (χ3v) is 13.9. The second kappa shape index (κ2) is 23.7. The summed E-state index contributed by atoms with van der Waals surface area (Å²) < 4.78 is 73.5. The number of likely N-dealkylation sites (tertiary alicyclic amines) is 1. The van der Waals surface area contributed by atoms with E-state index in [9.17, 15) is 37.6 Å². The summed E-state index contributed by atoms with van der Waals surface area (Å²) in [4.78, 5) is 63.5. The molecule has 6 rings (SSSR count). The third kappa shape index (κ3) is 13.1. The zero-order valence-electron chi connectivity index (χ0n) is 41.5. The number of halogens is 4. The van der Waals surface area contributed by atoms with E-state index >= 15 is 4.39 Å². The number of unbranched alkanes of at least 4 members (excludes halogenated alkanes) is 2. The van der Waals surface area contributed by atoms with Gasteiger partial charge in [-0.1, -0.05) is 45.0 Å². The summed E-state index contributed by atoms with van der Waals surface area (Å²) in [7, 11) is 0. The van der Waals surface area contributed by atoms with E-state index in [1.54, 1.807) is 16.2 Å². The van der Waals surface area contributed by atoms with Crippen LogP contribution in [-0.4, -0.2) is 95.8 Å². The van der Waals surface area contributed by atoms with Gasteiger partial charge in [-0.05, 0) is 125 Å². The number of anilines is 2. The topological polar surface area (TPSA) is 166 Å². The SMILES string of the molecule is Cc1ncsc1-c1ccc([C@H](C)NC(=O)[C@@H]2CCCN2C(=O)[C@@H](NC(=O)COCCCCOCCCCOc2ccc(N3C(=S)N(c4ccc(C#N)c(C(F)(F)F)c4)C(=O)C3(C)C)cc2F)C(C)(C)C)cc1. The molecule has 2 saturated heterocycles. The van der Waals surface area contributed by atoms with Crippen LogP contribution in [0.15, 0.2) is 66.2 Å².